The first-order chi connectivity index (χ1) is 14.2. The summed E-state index contributed by atoms with van der Waals surface area (Å²) in [5.74, 6) is -0.469. The molecule has 4 rings (SSSR count). The van der Waals surface area contributed by atoms with Crippen LogP contribution < -0.4 is 0 Å². The van der Waals surface area contributed by atoms with E-state index in [-0.39, 0.29) is 9.79 Å². The molecule has 2 aromatic carbocycles. The quantitative estimate of drug-likeness (QED) is 0.756. The van der Waals surface area contributed by atoms with Gasteiger partial charge in [-0.15, -0.1) is 0 Å². The van der Waals surface area contributed by atoms with Gasteiger partial charge in [-0.25, -0.2) is 21.6 Å². The van der Waals surface area contributed by atoms with E-state index < -0.39 is 36.8 Å². The average molecular weight is 451 g/mol. The van der Waals surface area contributed by atoms with Crippen molar-refractivity contribution < 1.29 is 26.7 Å². The van der Waals surface area contributed by atoms with Crippen LogP contribution in [0.3, 0.4) is 0 Å². The van der Waals surface area contributed by atoms with E-state index in [2.05, 4.69) is 0 Å². The molecule has 2 aromatic rings. The summed E-state index contributed by atoms with van der Waals surface area (Å²) in [5, 5.41) is 7.95. The number of hydrogen-bond acceptors (Lipinski definition) is 6. The molecule has 0 spiro atoms. The van der Waals surface area contributed by atoms with Gasteiger partial charge < -0.3 is 10.0 Å². The van der Waals surface area contributed by atoms with Gasteiger partial charge in [-0.05, 0) is 29.3 Å². The molecule has 0 bridgehead atoms. The number of piperazine rings is 1. The second kappa shape index (κ2) is 7.68. The summed E-state index contributed by atoms with van der Waals surface area (Å²) >= 11 is 0. The van der Waals surface area contributed by atoms with E-state index in [9.17, 15) is 21.6 Å². The minimum Gasteiger partial charge on any atom is -0.465 e. The van der Waals surface area contributed by atoms with Crippen molar-refractivity contribution in [3.8, 4) is 0 Å². The van der Waals surface area contributed by atoms with Gasteiger partial charge in [0.1, 0.15) is 5.25 Å². The maximum atomic E-state index is 13.3. The molecule has 0 aromatic heterocycles. The van der Waals surface area contributed by atoms with Crippen LogP contribution in [-0.2, 0) is 26.2 Å². The van der Waals surface area contributed by atoms with E-state index in [1.54, 1.807) is 30.3 Å². The Balaban J connectivity index is 1.70. The third-order valence-corrected chi connectivity index (χ3v) is 9.76. The standard InChI is InChI=1S/C20H22N2O6S2/c23-20(24)22-11-9-21(10-12-22)13-15-5-4-8-17-19(15)18(14-29(17,25)26)30(27,28)16-6-2-1-3-7-16/h1-8,18H,9-14H2,(H,23,24). The molecule has 2 aliphatic rings. The fraction of sp³-hybridized carbons (Fsp3) is 0.350. The van der Waals surface area contributed by atoms with Crippen molar-refractivity contribution in [3.63, 3.8) is 0 Å². The lowest BCUT2D eigenvalue weighted by atomic mass is 10.0. The predicted octanol–water partition coefficient (Wildman–Crippen LogP) is 1.78. The zero-order valence-corrected chi connectivity index (χ0v) is 17.8. The van der Waals surface area contributed by atoms with Crippen LogP contribution in [0.25, 0.3) is 0 Å². The molecule has 2 aliphatic heterocycles. The fourth-order valence-corrected chi connectivity index (χ4v) is 8.52. The van der Waals surface area contributed by atoms with Crippen LogP contribution in [-0.4, -0.2) is 69.8 Å². The van der Waals surface area contributed by atoms with Gasteiger partial charge in [0, 0.05) is 32.7 Å². The molecule has 1 N–H and O–H groups in total. The highest BCUT2D eigenvalue weighted by atomic mass is 32.2. The van der Waals surface area contributed by atoms with E-state index in [1.807, 2.05) is 4.90 Å². The van der Waals surface area contributed by atoms with Gasteiger partial charge >= 0.3 is 6.09 Å². The highest BCUT2D eigenvalue weighted by molar-refractivity contribution is 7.96. The molecule has 0 radical (unpaired) electrons. The number of fused-ring (bicyclic) bond motifs is 1. The summed E-state index contributed by atoms with van der Waals surface area (Å²) in [6, 6.07) is 12.8. The van der Waals surface area contributed by atoms with Crippen molar-refractivity contribution in [1.29, 1.82) is 0 Å². The Morgan fingerprint density at radius 2 is 1.67 bits per heavy atom. The second-order valence-corrected chi connectivity index (χ2v) is 11.6. The average Bonchev–Trinajstić information content (AvgIpc) is 3.02. The Bertz CT molecular complexity index is 1170. The van der Waals surface area contributed by atoms with Crippen LogP contribution in [0, 0.1) is 0 Å². The maximum Gasteiger partial charge on any atom is 0.407 e. The normalized spacial score (nSPS) is 21.3. The Kier molecular flexibility index (Phi) is 5.33. The van der Waals surface area contributed by atoms with Crippen molar-refractivity contribution in [2.45, 2.75) is 21.6 Å². The zero-order valence-electron chi connectivity index (χ0n) is 16.1. The van der Waals surface area contributed by atoms with Crippen molar-refractivity contribution in [2.24, 2.45) is 0 Å². The van der Waals surface area contributed by atoms with Gasteiger partial charge in [-0.2, -0.15) is 0 Å². The lowest BCUT2D eigenvalue weighted by Crippen LogP contribution is -2.47. The van der Waals surface area contributed by atoms with E-state index in [4.69, 9.17) is 5.11 Å². The van der Waals surface area contributed by atoms with Crippen molar-refractivity contribution in [2.75, 3.05) is 31.9 Å². The van der Waals surface area contributed by atoms with Crippen molar-refractivity contribution >= 4 is 25.8 Å². The van der Waals surface area contributed by atoms with E-state index in [0.717, 1.165) is 0 Å². The molecule has 1 amide bonds. The Labute approximate surface area is 175 Å². The van der Waals surface area contributed by atoms with Gasteiger partial charge in [-0.1, -0.05) is 30.3 Å². The zero-order chi connectivity index (χ0) is 21.5. The van der Waals surface area contributed by atoms with Gasteiger partial charge in [0.15, 0.2) is 19.7 Å². The van der Waals surface area contributed by atoms with Gasteiger partial charge in [0.2, 0.25) is 0 Å². The topological polar surface area (TPSA) is 112 Å². The third-order valence-electron chi connectivity index (χ3n) is 5.67. The number of amides is 1. The number of sulfone groups is 2. The monoisotopic (exact) mass is 450 g/mol. The molecule has 0 aliphatic carbocycles. The smallest absolute Gasteiger partial charge is 0.407 e. The molecule has 1 fully saturated rings. The Hall–Kier alpha value is -2.43. The lowest BCUT2D eigenvalue weighted by Gasteiger charge is -2.33. The Morgan fingerprint density at radius 3 is 2.30 bits per heavy atom. The predicted molar refractivity (Wildman–Crippen MR) is 110 cm³/mol. The molecule has 1 saturated heterocycles. The van der Waals surface area contributed by atoms with Crippen LogP contribution >= 0.6 is 0 Å². The highest BCUT2D eigenvalue weighted by Crippen LogP contribution is 2.43. The van der Waals surface area contributed by atoms with Gasteiger partial charge in [0.25, 0.3) is 0 Å². The van der Waals surface area contributed by atoms with Crippen LogP contribution in [0.2, 0.25) is 0 Å². The van der Waals surface area contributed by atoms with Crippen LogP contribution in [0.4, 0.5) is 4.79 Å². The molecule has 1 unspecified atom stereocenters. The summed E-state index contributed by atoms with van der Waals surface area (Å²) < 4.78 is 52.1. The fourth-order valence-electron chi connectivity index (χ4n) is 4.09. The van der Waals surface area contributed by atoms with E-state index in [0.29, 0.717) is 43.9 Å². The van der Waals surface area contributed by atoms with Crippen LogP contribution in [0.5, 0.6) is 0 Å². The number of carbonyl (C=O) groups is 1. The minimum atomic E-state index is -3.89. The van der Waals surface area contributed by atoms with Gasteiger partial charge in [-0.3, -0.25) is 4.90 Å². The SMILES string of the molecule is O=C(O)N1CCN(Cc2cccc3c2C(S(=O)(=O)c2ccccc2)CS3(=O)=O)CC1. The van der Waals surface area contributed by atoms with E-state index >= 15 is 0 Å². The summed E-state index contributed by atoms with van der Waals surface area (Å²) in [6.45, 7) is 2.08. The molecular formula is C20H22N2O6S2. The van der Waals surface area contributed by atoms with E-state index in [1.165, 1.54) is 23.1 Å². The highest BCUT2D eigenvalue weighted by Gasteiger charge is 2.44. The molecule has 160 valence electrons. The summed E-state index contributed by atoms with van der Waals surface area (Å²) in [5.41, 5.74) is 1.00. The van der Waals surface area contributed by atoms with Crippen molar-refractivity contribution in [3.05, 3.63) is 59.7 Å². The van der Waals surface area contributed by atoms with Crippen molar-refractivity contribution in [1.82, 2.24) is 9.80 Å². The molecule has 10 heteroatoms. The number of rotatable bonds is 4. The first kappa shape index (κ1) is 20.8. The number of carboxylic acid groups (broad SMARTS) is 1. The largest absolute Gasteiger partial charge is 0.465 e. The molecule has 1 atom stereocenters. The molecule has 30 heavy (non-hydrogen) atoms. The molecule has 8 nitrogen and oxygen atoms in total. The minimum absolute atomic E-state index is 0.0775. The number of hydrogen-bond donors (Lipinski definition) is 1. The molecule has 2 heterocycles. The first-order valence-corrected chi connectivity index (χ1v) is 12.7. The summed E-state index contributed by atoms with van der Waals surface area (Å²) in [7, 11) is -7.60. The second-order valence-electron chi connectivity index (χ2n) is 7.50. The first-order valence-electron chi connectivity index (χ1n) is 9.54. The molecular weight excluding hydrogens is 428 g/mol. The number of nitrogens with zero attached hydrogens (tertiary/aromatic N) is 2. The van der Waals surface area contributed by atoms with Gasteiger partial charge in [0.05, 0.1) is 15.5 Å². The third kappa shape index (κ3) is 3.70. The van der Waals surface area contributed by atoms with Crippen LogP contribution in [0.1, 0.15) is 16.4 Å². The maximum absolute atomic E-state index is 13.3. The lowest BCUT2D eigenvalue weighted by molar-refractivity contribution is 0.103. The molecule has 0 saturated carbocycles. The Morgan fingerprint density at radius 1 is 1.00 bits per heavy atom. The number of benzene rings is 2. The summed E-state index contributed by atoms with van der Waals surface area (Å²) in [6.07, 6.45) is -0.963. The summed E-state index contributed by atoms with van der Waals surface area (Å²) in [4.78, 5) is 14.6. The van der Waals surface area contributed by atoms with Crippen LogP contribution in [0.15, 0.2) is 58.3 Å².